The normalized spacial score (nSPS) is 12.4. The minimum atomic E-state index is -0.145. The summed E-state index contributed by atoms with van der Waals surface area (Å²) < 4.78 is 5.21. The molecule has 0 fully saturated rings. The van der Waals surface area contributed by atoms with Crippen molar-refractivity contribution in [3.63, 3.8) is 0 Å². The molecule has 1 aromatic rings. The number of carbonyl (C=O) groups excluding carboxylic acids is 1. The highest BCUT2D eigenvalue weighted by Crippen LogP contribution is 2.06. The van der Waals surface area contributed by atoms with E-state index in [1.807, 2.05) is 6.92 Å². The van der Waals surface area contributed by atoms with Crippen molar-refractivity contribution in [2.24, 2.45) is 11.7 Å². The van der Waals surface area contributed by atoms with Gasteiger partial charge in [0, 0.05) is 6.54 Å². The average Bonchev–Trinajstić information content (AvgIpc) is 2.70. The van der Waals surface area contributed by atoms with Gasteiger partial charge in [-0.1, -0.05) is 6.92 Å². The van der Waals surface area contributed by atoms with Gasteiger partial charge in [0.25, 0.3) is 5.91 Å². The van der Waals surface area contributed by atoms with E-state index in [1.165, 1.54) is 0 Å². The van der Waals surface area contributed by atoms with Crippen LogP contribution in [0.2, 0.25) is 0 Å². The van der Waals surface area contributed by atoms with Crippen LogP contribution in [0.4, 0.5) is 0 Å². The van der Waals surface area contributed by atoms with Crippen LogP contribution in [0.25, 0.3) is 0 Å². The number of hydrogen-bond donors (Lipinski definition) is 2. The molecule has 0 aliphatic rings. The SMILES string of the molecule is Cc1ccc(C(=O)NCCCC(C)CN)o1. The van der Waals surface area contributed by atoms with Crippen LogP contribution in [0.15, 0.2) is 16.5 Å². The first-order valence-electron chi connectivity index (χ1n) is 5.68. The van der Waals surface area contributed by atoms with Gasteiger partial charge in [-0.2, -0.15) is 0 Å². The van der Waals surface area contributed by atoms with Crippen LogP contribution in [0, 0.1) is 12.8 Å². The van der Waals surface area contributed by atoms with Gasteiger partial charge in [0.2, 0.25) is 0 Å². The highest BCUT2D eigenvalue weighted by Gasteiger charge is 2.08. The third-order valence-electron chi connectivity index (χ3n) is 2.53. The second-order valence-electron chi connectivity index (χ2n) is 4.15. The second kappa shape index (κ2) is 6.33. The summed E-state index contributed by atoms with van der Waals surface area (Å²) in [7, 11) is 0. The van der Waals surface area contributed by atoms with Crippen LogP contribution in [0.1, 0.15) is 36.1 Å². The van der Waals surface area contributed by atoms with E-state index in [9.17, 15) is 4.79 Å². The Morgan fingerprint density at radius 2 is 2.31 bits per heavy atom. The molecule has 0 radical (unpaired) electrons. The van der Waals surface area contributed by atoms with Gasteiger partial charge in [0.1, 0.15) is 5.76 Å². The summed E-state index contributed by atoms with van der Waals surface area (Å²) >= 11 is 0. The first kappa shape index (κ1) is 12.8. The minimum absolute atomic E-state index is 0.145. The molecular weight excluding hydrogens is 204 g/mol. The molecule has 1 aromatic heterocycles. The highest BCUT2D eigenvalue weighted by atomic mass is 16.3. The van der Waals surface area contributed by atoms with Gasteiger partial charge >= 0.3 is 0 Å². The second-order valence-corrected chi connectivity index (χ2v) is 4.15. The maximum Gasteiger partial charge on any atom is 0.286 e. The van der Waals surface area contributed by atoms with E-state index in [2.05, 4.69) is 12.2 Å². The van der Waals surface area contributed by atoms with Crippen LogP contribution >= 0.6 is 0 Å². The van der Waals surface area contributed by atoms with Crippen molar-refractivity contribution in [1.82, 2.24) is 5.32 Å². The van der Waals surface area contributed by atoms with Crippen molar-refractivity contribution < 1.29 is 9.21 Å². The lowest BCUT2D eigenvalue weighted by molar-refractivity contribution is 0.0923. The number of aryl methyl sites for hydroxylation is 1. The molecule has 1 unspecified atom stereocenters. The van der Waals surface area contributed by atoms with E-state index in [-0.39, 0.29) is 5.91 Å². The van der Waals surface area contributed by atoms with E-state index in [0.717, 1.165) is 18.6 Å². The van der Waals surface area contributed by atoms with E-state index >= 15 is 0 Å². The lowest BCUT2D eigenvalue weighted by Crippen LogP contribution is -2.24. The standard InChI is InChI=1S/C12H20N2O2/c1-9(8-13)4-3-7-14-12(15)11-6-5-10(2)16-11/h5-6,9H,3-4,7-8,13H2,1-2H3,(H,14,15). The van der Waals surface area contributed by atoms with E-state index < -0.39 is 0 Å². The maximum atomic E-state index is 11.5. The number of rotatable bonds is 6. The monoisotopic (exact) mass is 224 g/mol. The molecule has 0 saturated carbocycles. The maximum absolute atomic E-state index is 11.5. The molecule has 0 saturated heterocycles. The van der Waals surface area contributed by atoms with E-state index in [4.69, 9.17) is 10.2 Å². The summed E-state index contributed by atoms with van der Waals surface area (Å²) in [5.41, 5.74) is 5.51. The van der Waals surface area contributed by atoms with Gasteiger partial charge < -0.3 is 15.5 Å². The first-order valence-corrected chi connectivity index (χ1v) is 5.68. The highest BCUT2D eigenvalue weighted by molar-refractivity contribution is 5.91. The molecule has 1 atom stereocenters. The molecule has 16 heavy (non-hydrogen) atoms. The number of amides is 1. The van der Waals surface area contributed by atoms with E-state index in [0.29, 0.717) is 24.8 Å². The van der Waals surface area contributed by atoms with Crippen LogP contribution in [-0.2, 0) is 0 Å². The molecular formula is C12H20N2O2. The zero-order valence-corrected chi connectivity index (χ0v) is 9.95. The predicted octanol–water partition coefficient (Wildman–Crippen LogP) is 1.69. The molecule has 90 valence electrons. The molecule has 3 N–H and O–H groups in total. The number of furan rings is 1. The fourth-order valence-corrected chi connectivity index (χ4v) is 1.41. The fraction of sp³-hybridized carbons (Fsp3) is 0.583. The Morgan fingerprint density at radius 1 is 1.56 bits per heavy atom. The summed E-state index contributed by atoms with van der Waals surface area (Å²) in [5, 5.41) is 2.82. The van der Waals surface area contributed by atoms with Crippen LogP contribution in [-0.4, -0.2) is 19.0 Å². The van der Waals surface area contributed by atoms with Crippen molar-refractivity contribution >= 4 is 5.91 Å². The van der Waals surface area contributed by atoms with Gasteiger partial charge in [-0.3, -0.25) is 4.79 Å². The van der Waals surface area contributed by atoms with Crippen molar-refractivity contribution in [1.29, 1.82) is 0 Å². The third-order valence-corrected chi connectivity index (χ3v) is 2.53. The average molecular weight is 224 g/mol. The zero-order valence-electron chi connectivity index (χ0n) is 9.95. The van der Waals surface area contributed by atoms with Crippen molar-refractivity contribution in [2.75, 3.05) is 13.1 Å². The van der Waals surface area contributed by atoms with Crippen molar-refractivity contribution in [2.45, 2.75) is 26.7 Å². The Morgan fingerprint density at radius 3 is 2.88 bits per heavy atom. The third kappa shape index (κ3) is 4.06. The summed E-state index contributed by atoms with van der Waals surface area (Å²) in [4.78, 5) is 11.5. The van der Waals surface area contributed by atoms with Crippen LogP contribution in [0.3, 0.4) is 0 Å². The number of nitrogens with two attached hydrogens (primary N) is 1. The lowest BCUT2D eigenvalue weighted by atomic mass is 10.1. The van der Waals surface area contributed by atoms with E-state index in [1.54, 1.807) is 12.1 Å². The van der Waals surface area contributed by atoms with Gasteiger partial charge in [0.15, 0.2) is 5.76 Å². The predicted molar refractivity (Wildman–Crippen MR) is 63.2 cm³/mol. The first-order chi connectivity index (χ1) is 7.63. The number of carbonyl (C=O) groups is 1. The molecule has 0 aliphatic heterocycles. The molecule has 1 heterocycles. The number of nitrogens with one attached hydrogen (secondary N) is 1. The Kier molecular flexibility index (Phi) is 5.05. The summed E-state index contributed by atoms with van der Waals surface area (Å²) in [6.07, 6.45) is 1.98. The summed E-state index contributed by atoms with van der Waals surface area (Å²) in [6, 6.07) is 3.47. The fourth-order valence-electron chi connectivity index (χ4n) is 1.41. The van der Waals surface area contributed by atoms with Crippen molar-refractivity contribution in [3.8, 4) is 0 Å². The van der Waals surface area contributed by atoms with Gasteiger partial charge in [-0.05, 0) is 44.4 Å². The molecule has 4 heteroatoms. The van der Waals surface area contributed by atoms with Gasteiger partial charge in [-0.15, -0.1) is 0 Å². The van der Waals surface area contributed by atoms with Gasteiger partial charge in [-0.25, -0.2) is 0 Å². The zero-order chi connectivity index (χ0) is 12.0. The largest absolute Gasteiger partial charge is 0.456 e. The van der Waals surface area contributed by atoms with Crippen molar-refractivity contribution in [3.05, 3.63) is 23.7 Å². The van der Waals surface area contributed by atoms with Crippen LogP contribution < -0.4 is 11.1 Å². The number of hydrogen-bond acceptors (Lipinski definition) is 3. The molecule has 0 spiro atoms. The molecule has 1 rings (SSSR count). The minimum Gasteiger partial charge on any atom is -0.456 e. The smallest absolute Gasteiger partial charge is 0.286 e. The Balaban J connectivity index is 2.21. The summed E-state index contributed by atoms with van der Waals surface area (Å²) in [6.45, 7) is 5.30. The topological polar surface area (TPSA) is 68.3 Å². The van der Waals surface area contributed by atoms with Crippen LogP contribution in [0.5, 0.6) is 0 Å². The summed E-state index contributed by atoms with van der Waals surface area (Å²) in [5.74, 6) is 1.50. The lowest BCUT2D eigenvalue weighted by Gasteiger charge is -2.07. The molecule has 1 amide bonds. The Bertz CT molecular complexity index is 334. The molecule has 0 aromatic carbocycles. The Labute approximate surface area is 96.2 Å². The molecule has 0 aliphatic carbocycles. The Hall–Kier alpha value is -1.29. The molecule has 0 bridgehead atoms. The quantitative estimate of drug-likeness (QED) is 0.722. The van der Waals surface area contributed by atoms with Gasteiger partial charge in [0.05, 0.1) is 0 Å². The molecule has 4 nitrogen and oxygen atoms in total.